The quantitative estimate of drug-likeness (QED) is 0.0959. The van der Waals surface area contributed by atoms with Crippen LogP contribution >= 0.6 is 19.0 Å². The highest BCUT2D eigenvalue weighted by Crippen LogP contribution is 2.49. The van der Waals surface area contributed by atoms with Crippen molar-refractivity contribution in [2.24, 2.45) is 0 Å². The molecule has 0 fully saturated rings. The van der Waals surface area contributed by atoms with E-state index in [1.54, 1.807) is 18.2 Å². The zero-order valence-corrected chi connectivity index (χ0v) is 20.2. The number of esters is 1. The average molecular weight is 544 g/mol. The van der Waals surface area contributed by atoms with Gasteiger partial charge in [0.2, 0.25) is 7.37 Å². The number of nitro benzene ring substituents is 1. The summed E-state index contributed by atoms with van der Waals surface area (Å²) in [5, 5.41) is 10.9. The van der Waals surface area contributed by atoms with Crippen LogP contribution in [0.4, 0.5) is 18.9 Å². The number of hydrogen-bond donors (Lipinski definition) is 0. The Balaban J connectivity index is 1.86. The number of nitro groups is 1. The first-order valence-electron chi connectivity index (χ1n) is 10.2. The molecule has 8 nitrogen and oxygen atoms in total. The fourth-order valence-corrected chi connectivity index (χ4v) is 4.97. The highest BCUT2D eigenvalue weighted by molar-refractivity contribution is 7.67. The van der Waals surface area contributed by atoms with Crippen LogP contribution in [0.15, 0.2) is 66.7 Å². The molecule has 1 atom stereocenters. The lowest BCUT2D eigenvalue weighted by molar-refractivity contribution is -0.383. The minimum atomic E-state index is -4.61. The molecule has 190 valence electrons. The van der Waals surface area contributed by atoms with Gasteiger partial charge in [-0.1, -0.05) is 36.7 Å². The van der Waals surface area contributed by atoms with Gasteiger partial charge in [-0.15, -0.1) is 0 Å². The lowest BCUT2D eigenvalue weighted by Crippen LogP contribution is -2.17. The molecule has 1 unspecified atom stereocenters. The number of halogens is 4. The third-order valence-corrected chi connectivity index (χ3v) is 7.62. The number of rotatable bonds is 9. The minimum absolute atomic E-state index is 0.0872. The van der Waals surface area contributed by atoms with Crippen molar-refractivity contribution in [1.29, 1.82) is 0 Å². The number of nitrogens with zero attached hydrogens (tertiary/aromatic N) is 1. The number of ether oxygens (including phenoxy) is 2. The van der Waals surface area contributed by atoms with E-state index in [0.29, 0.717) is 6.07 Å². The molecule has 0 aromatic heterocycles. The van der Waals surface area contributed by atoms with E-state index in [2.05, 4.69) is 0 Å². The Labute approximate surface area is 208 Å². The lowest BCUT2D eigenvalue weighted by Gasteiger charge is -2.18. The van der Waals surface area contributed by atoms with Crippen molar-refractivity contribution in [3.05, 3.63) is 93.0 Å². The first-order valence-corrected chi connectivity index (χ1v) is 12.4. The molecule has 0 spiro atoms. The predicted octanol–water partition coefficient (Wildman–Crippen LogP) is 6.81. The van der Waals surface area contributed by atoms with Gasteiger partial charge in [-0.25, -0.2) is 4.79 Å². The van der Waals surface area contributed by atoms with Crippen LogP contribution in [0.2, 0.25) is 5.02 Å². The fourth-order valence-electron chi connectivity index (χ4n) is 3.03. The van der Waals surface area contributed by atoms with Crippen LogP contribution in [0.1, 0.15) is 22.8 Å². The Morgan fingerprint density at radius 3 is 2.36 bits per heavy atom. The third kappa shape index (κ3) is 6.42. The normalized spacial score (nSPS) is 13.0. The summed E-state index contributed by atoms with van der Waals surface area (Å²) in [5.41, 5.74) is -1.30. The summed E-state index contributed by atoms with van der Waals surface area (Å²) in [4.78, 5) is 22.9. The third-order valence-electron chi connectivity index (χ3n) is 4.87. The molecule has 13 heteroatoms. The van der Waals surface area contributed by atoms with E-state index in [1.165, 1.54) is 25.1 Å². The smallest absolute Gasteiger partial charge is 0.416 e. The summed E-state index contributed by atoms with van der Waals surface area (Å²) in [5.74, 6) is -0.994. The van der Waals surface area contributed by atoms with Crippen molar-refractivity contribution in [1.82, 2.24) is 0 Å². The van der Waals surface area contributed by atoms with Crippen LogP contribution in [-0.2, 0) is 20.0 Å². The van der Waals surface area contributed by atoms with Crippen LogP contribution < -0.4 is 10.0 Å². The van der Waals surface area contributed by atoms with Gasteiger partial charge in [-0.2, -0.15) is 13.2 Å². The zero-order valence-electron chi connectivity index (χ0n) is 18.5. The highest BCUT2D eigenvalue weighted by Gasteiger charge is 2.34. The molecule has 0 saturated carbocycles. The predicted molar refractivity (Wildman–Crippen MR) is 125 cm³/mol. The zero-order chi connectivity index (χ0) is 26.5. The molecule has 0 radical (unpaired) electrons. The molecule has 3 rings (SSSR count). The Hall–Kier alpha value is -3.40. The second-order valence-electron chi connectivity index (χ2n) is 7.19. The van der Waals surface area contributed by atoms with Gasteiger partial charge in [0.1, 0.15) is 16.8 Å². The molecule has 0 saturated heterocycles. The van der Waals surface area contributed by atoms with Crippen molar-refractivity contribution in [3.8, 4) is 11.5 Å². The van der Waals surface area contributed by atoms with E-state index in [9.17, 15) is 32.6 Å². The fraction of sp³-hybridized carbons (Fsp3) is 0.174. The summed E-state index contributed by atoms with van der Waals surface area (Å²) < 4.78 is 68.0. The van der Waals surface area contributed by atoms with E-state index in [1.807, 2.05) is 0 Å². The molecule has 0 aliphatic rings. The second kappa shape index (κ2) is 11.1. The number of carbonyl (C=O) groups excluding carboxylic acids is 1. The molecular formula is C23H18ClF3NO7P. The second-order valence-corrected chi connectivity index (χ2v) is 10.3. The number of benzene rings is 3. The summed E-state index contributed by atoms with van der Waals surface area (Å²) in [6.45, 7) is 0.718. The Morgan fingerprint density at radius 2 is 1.78 bits per heavy atom. The van der Waals surface area contributed by atoms with E-state index in [-0.39, 0.29) is 33.6 Å². The van der Waals surface area contributed by atoms with Crippen LogP contribution in [-0.4, -0.2) is 23.8 Å². The molecule has 0 aliphatic heterocycles. The Bertz CT molecular complexity index is 1320. The number of hydrogen-bond acceptors (Lipinski definition) is 7. The van der Waals surface area contributed by atoms with Gasteiger partial charge in [-0.3, -0.25) is 19.2 Å². The molecule has 0 aliphatic carbocycles. The summed E-state index contributed by atoms with van der Waals surface area (Å²) in [6, 6.07) is 13.6. The van der Waals surface area contributed by atoms with Gasteiger partial charge >= 0.3 is 12.1 Å². The van der Waals surface area contributed by atoms with Gasteiger partial charge in [0.25, 0.3) is 5.69 Å². The minimum Gasteiger partial charge on any atom is -0.456 e. The van der Waals surface area contributed by atoms with Gasteiger partial charge in [-0.05, 0) is 36.4 Å². The molecule has 36 heavy (non-hydrogen) atoms. The van der Waals surface area contributed by atoms with Gasteiger partial charge in [0.15, 0.2) is 6.79 Å². The molecule has 0 N–H and O–H groups in total. The van der Waals surface area contributed by atoms with E-state index >= 15 is 0 Å². The maximum absolute atomic E-state index is 13.5. The number of carbonyl (C=O) groups is 1. The average Bonchev–Trinajstić information content (AvgIpc) is 2.84. The van der Waals surface area contributed by atoms with Crippen molar-refractivity contribution in [2.75, 3.05) is 13.0 Å². The molecule has 3 aromatic rings. The lowest BCUT2D eigenvalue weighted by atomic mass is 10.2. The largest absolute Gasteiger partial charge is 0.456 e. The van der Waals surface area contributed by atoms with Crippen molar-refractivity contribution >= 4 is 35.9 Å². The van der Waals surface area contributed by atoms with Crippen molar-refractivity contribution in [3.63, 3.8) is 0 Å². The maximum atomic E-state index is 13.5. The first kappa shape index (κ1) is 27.2. The van der Waals surface area contributed by atoms with Crippen molar-refractivity contribution in [2.45, 2.75) is 13.1 Å². The first-order chi connectivity index (χ1) is 16.9. The van der Waals surface area contributed by atoms with E-state index in [0.717, 1.165) is 24.3 Å². The van der Waals surface area contributed by atoms with Crippen LogP contribution in [0, 0.1) is 10.1 Å². The van der Waals surface area contributed by atoms with E-state index in [4.69, 9.17) is 25.6 Å². The summed E-state index contributed by atoms with van der Waals surface area (Å²) in [6.07, 6.45) is -4.81. The van der Waals surface area contributed by atoms with Crippen molar-refractivity contribution < 1.29 is 41.5 Å². The molecular weight excluding hydrogens is 526 g/mol. The molecule has 3 aromatic carbocycles. The standard InChI is InChI=1S/C23H18ClF3NO7P/c1-2-36(32,34-14-33-22(29)15-6-4-3-5-7-15)21-13-17(9-10-19(21)28(30)31)35-20-11-8-16(12-18(20)24)23(25,26)27/h3-13H,2,14H2,1H3. The molecule has 0 heterocycles. The highest BCUT2D eigenvalue weighted by atomic mass is 35.5. The van der Waals surface area contributed by atoms with Gasteiger partial charge < -0.3 is 9.47 Å². The summed E-state index contributed by atoms with van der Waals surface area (Å²) in [7, 11) is -3.95. The van der Waals surface area contributed by atoms with Crippen LogP contribution in [0.3, 0.4) is 0 Å². The van der Waals surface area contributed by atoms with E-state index < -0.39 is 42.5 Å². The Morgan fingerprint density at radius 1 is 1.08 bits per heavy atom. The Kier molecular flexibility index (Phi) is 8.39. The SMILES string of the molecule is CCP(=O)(OCOC(=O)c1ccccc1)c1cc(Oc2ccc(C(F)(F)F)cc2Cl)ccc1[N+](=O)[O-]. The molecule has 0 bridgehead atoms. The van der Waals surface area contributed by atoms with Gasteiger partial charge in [0.05, 0.1) is 21.1 Å². The topological polar surface area (TPSA) is 105 Å². The monoisotopic (exact) mass is 543 g/mol. The molecule has 0 amide bonds. The van der Waals surface area contributed by atoms with Crippen LogP contribution in [0.25, 0.3) is 0 Å². The number of alkyl halides is 3. The summed E-state index contributed by atoms with van der Waals surface area (Å²) >= 11 is 5.91. The maximum Gasteiger partial charge on any atom is 0.416 e. The van der Waals surface area contributed by atoms with Gasteiger partial charge in [0, 0.05) is 18.3 Å². The van der Waals surface area contributed by atoms with Crippen LogP contribution in [0.5, 0.6) is 11.5 Å².